The Labute approximate surface area is 103 Å². The summed E-state index contributed by atoms with van der Waals surface area (Å²) < 4.78 is 25.4. The van der Waals surface area contributed by atoms with Gasteiger partial charge in [-0.2, -0.15) is 0 Å². The molecule has 7 heteroatoms. The van der Waals surface area contributed by atoms with E-state index in [0.29, 0.717) is 12.5 Å². The molecule has 6 nitrogen and oxygen atoms in total. The number of likely N-dealkylation sites (N-methyl/N-ethyl adjacent to an activating group) is 1. The molecule has 0 aliphatic carbocycles. The molecule has 1 heterocycles. The number of nitrogens with one attached hydrogen (secondary N) is 3. The molecule has 1 amide bonds. The summed E-state index contributed by atoms with van der Waals surface area (Å²) in [5, 5.41) is 5.66. The van der Waals surface area contributed by atoms with Crippen molar-refractivity contribution in [3.63, 3.8) is 0 Å². The molecule has 0 radical (unpaired) electrons. The van der Waals surface area contributed by atoms with Gasteiger partial charge in [0.15, 0.2) is 0 Å². The highest BCUT2D eigenvalue weighted by atomic mass is 32.2. The van der Waals surface area contributed by atoms with Crippen molar-refractivity contribution in [1.29, 1.82) is 0 Å². The van der Waals surface area contributed by atoms with E-state index >= 15 is 0 Å². The van der Waals surface area contributed by atoms with Crippen molar-refractivity contribution in [3.05, 3.63) is 0 Å². The Morgan fingerprint density at radius 3 is 2.76 bits per heavy atom. The van der Waals surface area contributed by atoms with Crippen LogP contribution in [0, 0.1) is 0 Å². The minimum absolute atomic E-state index is 0.0711. The van der Waals surface area contributed by atoms with Gasteiger partial charge in [-0.15, -0.1) is 0 Å². The summed E-state index contributed by atoms with van der Waals surface area (Å²) >= 11 is 0. The van der Waals surface area contributed by atoms with Gasteiger partial charge in [0.1, 0.15) is 0 Å². The van der Waals surface area contributed by atoms with E-state index in [-0.39, 0.29) is 18.2 Å². The maximum Gasteiger partial charge on any atom is 0.234 e. The highest BCUT2D eigenvalue weighted by molar-refractivity contribution is 7.89. The van der Waals surface area contributed by atoms with E-state index in [1.807, 2.05) is 0 Å². The lowest BCUT2D eigenvalue weighted by atomic mass is 10.0. The molecule has 1 rings (SSSR count). The quantitative estimate of drug-likeness (QED) is 0.584. The van der Waals surface area contributed by atoms with Crippen LogP contribution in [0.5, 0.6) is 0 Å². The first-order valence-corrected chi connectivity index (χ1v) is 7.60. The monoisotopic (exact) mass is 263 g/mol. The summed E-state index contributed by atoms with van der Waals surface area (Å²) in [6.07, 6.45) is 3.95. The molecule has 0 aromatic rings. The van der Waals surface area contributed by atoms with Gasteiger partial charge in [-0.25, -0.2) is 13.1 Å². The van der Waals surface area contributed by atoms with Crippen molar-refractivity contribution >= 4 is 15.9 Å². The van der Waals surface area contributed by atoms with E-state index < -0.39 is 10.0 Å². The summed E-state index contributed by atoms with van der Waals surface area (Å²) in [4.78, 5) is 10.9. The number of sulfonamides is 1. The molecule has 0 spiro atoms. The van der Waals surface area contributed by atoms with Crippen molar-refractivity contribution in [1.82, 2.24) is 15.4 Å². The van der Waals surface area contributed by atoms with E-state index in [1.54, 1.807) is 0 Å². The number of piperidine rings is 1. The number of rotatable bonds is 6. The third-order valence-corrected chi connectivity index (χ3v) is 4.24. The first-order chi connectivity index (χ1) is 8.03. The predicted molar refractivity (Wildman–Crippen MR) is 66.1 cm³/mol. The molecule has 0 aromatic heterocycles. The topological polar surface area (TPSA) is 87.3 Å². The Balaban J connectivity index is 2.26. The summed E-state index contributed by atoms with van der Waals surface area (Å²) in [7, 11) is -1.86. The van der Waals surface area contributed by atoms with Gasteiger partial charge in [-0.3, -0.25) is 4.79 Å². The van der Waals surface area contributed by atoms with Gasteiger partial charge >= 0.3 is 0 Å². The Morgan fingerprint density at radius 2 is 2.18 bits per heavy atom. The lowest BCUT2D eigenvalue weighted by Gasteiger charge is -2.23. The first-order valence-electron chi connectivity index (χ1n) is 5.95. The molecule has 1 aliphatic heterocycles. The van der Waals surface area contributed by atoms with Crippen LogP contribution >= 0.6 is 0 Å². The zero-order valence-electron chi connectivity index (χ0n) is 10.2. The standard InChI is InChI=1S/C10H21N3O3S/c1-11-10(14)8-13-17(15,16)7-5-9-4-2-3-6-12-9/h9,12-13H,2-8H2,1H3,(H,11,14). The Kier molecular flexibility index (Phi) is 5.87. The smallest absolute Gasteiger partial charge is 0.234 e. The average Bonchev–Trinajstić information content (AvgIpc) is 2.35. The number of hydrogen-bond donors (Lipinski definition) is 3. The number of hydrogen-bond acceptors (Lipinski definition) is 4. The third kappa shape index (κ3) is 5.99. The van der Waals surface area contributed by atoms with Gasteiger partial charge in [-0.05, 0) is 25.8 Å². The lowest BCUT2D eigenvalue weighted by Crippen LogP contribution is -2.39. The fourth-order valence-corrected chi connectivity index (χ4v) is 2.89. The van der Waals surface area contributed by atoms with Crippen molar-refractivity contribution in [2.45, 2.75) is 31.7 Å². The first kappa shape index (κ1) is 14.4. The van der Waals surface area contributed by atoms with E-state index in [1.165, 1.54) is 7.05 Å². The van der Waals surface area contributed by atoms with Crippen LogP contribution in [-0.2, 0) is 14.8 Å². The minimum atomic E-state index is -3.34. The van der Waals surface area contributed by atoms with Crippen LogP contribution in [0.25, 0.3) is 0 Å². The lowest BCUT2D eigenvalue weighted by molar-refractivity contribution is -0.119. The Morgan fingerprint density at radius 1 is 1.41 bits per heavy atom. The molecule has 1 atom stereocenters. The second kappa shape index (κ2) is 6.93. The van der Waals surface area contributed by atoms with E-state index in [2.05, 4.69) is 15.4 Å². The zero-order chi connectivity index (χ0) is 12.7. The highest BCUT2D eigenvalue weighted by Crippen LogP contribution is 2.10. The Bertz CT molecular complexity index is 337. The second-order valence-corrected chi connectivity index (χ2v) is 6.18. The van der Waals surface area contributed by atoms with E-state index in [4.69, 9.17) is 0 Å². The third-order valence-electron chi connectivity index (χ3n) is 2.88. The summed E-state index contributed by atoms with van der Waals surface area (Å²) in [5.74, 6) is -0.258. The zero-order valence-corrected chi connectivity index (χ0v) is 11.0. The van der Waals surface area contributed by atoms with E-state index in [0.717, 1.165) is 25.8 Å². The molecule has 0 aromatic carbocycles. The van der Waals surface area contributed by atoms with Gasteiger partial charge in [0.05, 0.1) is 12.3 Å². The molecule has 0 saturated carbocycles. The largest absolute Gasteiger partial charge is 0.358 e. The molecule has 1 fully saturated rings. The van der Waals surface area contributed by atoms with Gasteiger partial charge in [0.25, 0.3) is 0 Å². The van der Waals surface area contributed by atoms with E-state index in [9.17, 15) is 13.2 Å². The van der Waals surface area contributed by atoms with Crippen molar-refractivity contribution < 1.29 is 13.2 Å². The van der Waals surface area contributed by atoms with Crippen molar-refractivity contribution in [2.75, 3.05) is 25.9 Å². The van der Waals surface area contributed by atoms with Crippen molar-refractivity contribution in [2.24, 2.45) is 0 Å². The molecule has 1 aliphatic rings. The van der Waals surface area contributed by atoms with Crippen LogP contribution < -0.4 is 15.4 Å². The normalized spacial score (nSPS) is 21.1. The maximum atomic E-state index is 11.6. The maximum absolute atomic E-state index is 11.6. The molecular formula is C10H21N3O3S. The van der Waals surface area contributed by atoms with Crippen LogP contribution in [0.15, 0.2) is 0 Å². The molecule has 17 heavy (non-hydrogen) atoms. The summed E-state index contributed by atoms with van der Waals surface area (Å²) in [6.45, 7) is 0.785. The Hall–Kier alpha value is -0.660. The van der Waals surface area contributed by atoms with Gasteiger partial charge in [0, 0.05) is 13.1 Å². The summed E-state index contributed by atoms with van der Waals surface area (Å²) in [5.41, 5.74) is 0. The van der Waals surface area contributed by atoms with Crippen LogP contribution in [0.1, 0.15) is 25.7 Å². The second-order valence-electron chi connectivity index (χ2n) is 4.25. The van der Waals surface area contributed by atoms with Crippen LogP contribution in [0.3, 0.4) is 0 Å². The fraction of sp³-hybridized carbons (Fsp3) is 0.900. The minimum Gasteiger partial charge on any atom is -0.358 e. The molecule has 0 bridgehead atoms. The molecule has 1 saturated heterocycles. The highest BCUT2D eigenvalue weighted by Gasteiger charge is 2.17. The predicted octanol–water partition coefficient (Wildman–Crippen LogP) is -0.816. The van der Waals surface area contributed by atoms with Crippen LogP contribution in [0.2, 0.25) is 0 Å². The fourth-order valence-electron chi connectivity index (χ4n) is 1.80. The number of carbonyl (C=O) groups excluding carboxylic acids is 1. The SMILES string of the molecule is CNC(=O)CNS(=O)(=O)CCC1CCCCN1. The molecule has 100 valence electrons. The van der Waals surface area contributed by atoms with Gasteiger partial charge in [0.2, 0.25) is 15.9 Å². The summed E-state index contributed by atoms with van der Waals surface area (Å²) in [6, 6.07) is 0.292. The molecular weight excluding hydrogens is 242 g/mol. The number of amides is 1. The van der Waals surface area contributed by atoms with Gasteiger partial charge < -0.3 is 10.6 Å². The van der Waals surface area contributed by atoms with Crippen LogP contribution in [-0.4, -0.2) is 46.3 Å². The molecule has 3 N–H and O–H groups in total. The average molecular weight is 263 g/mol. The van der Waals surface area contributed by atoms with Gasteiger partial charge in [-0.1, -0.05) is 6.42 Å². The molecule has 1 unspecified atom stereocenters. The van der Waals surface area contributed by atoms with Crippen molar-refractivity contribution in [3.8, 4) is 0 Å². The van der Waals surface area contributed by atoms with Crippen LogP contribution in [0.4, 0.5) is 0 Å². The number of carbonyl (C=O) groups is 1.